The number of ether oxygens (including phenoxy) is 3. The largest absolute Gasteiger partial charge is 0.497 e. The number of hydrogen-bond donors (Lipinski definition) is 0. The Labute approximate surface area is 148 Å². The highest BCUT2D eigenvalue weighted by Gasteiger charge is 2.62. The molecule has 0 N–H and O–H groups in total. The third-order valence-electron chi connectivity index (χ3n) is 6.36. The standard InChI is InChI=1S/C21H23NO3/c1-4-10-22-11-9-21-14-6-8-17(24-3)20(21)25-19-16(23-2)7-5-13(18(19)21)12-15(14)22/h4-8,15,20H,1,9-12H2,2-3H3/t15-,20+,21+/m1/s1. The SMILES string of the molecule is C=CCN1CC[C@@]23C4=CC=C(OC)[C@@H]2Oc2c(OC)ccc(c23)C[C@H]41. The second-order valence-corrected chi connectivity index (χ2v) is 7.25. The Bertz CT molecular complexity index is 825. The fraction of sp³-hybridized carbons (Fsp3) is 0.429. The van der Waals surface area contributed by atoms with Crippen LogP contribution in [0, 0.1) is 0 Å². The maximum Gasteiger partial charge on any atom is 0.169 e. The van der Waals surface area contributed by atoms with Gasteiger partial charge >= 0.3 is 0 Å². The van der Waals surface area contributed by atoms with Crippen LogP contribution in [0.2, 0.25) is 0 Å². The van der Waals surface area contributed by atoms with Gasteiger partial charge in [0.2, 0.25) is 0 Å². The Balaban J connectivity index is 1.77. The molecule has 4 heteroatoms. The van der Waals surface area contributed by atoms with E-state index in [9.17, 15) is 0 Å². The van der Waals surface area contributed by atoms with E-state index in [0.717, 1.165) is 43.2 Å². The molecule has 2 aliphatic carbocycles. The highest BCUT2D eigenvalue weighted by Crippen LogP contribution is 2.62. The molecule has 0 radical (unpaired) electrons. The Morgan fingerprint density at radius 3 is 2.96 bits per heavy atom. The third kappa shape index (κ3) is 1.70. The summed E-state index contributed by atoms with van der Waals surface area (Å²) in [5.74, 6) is 2.64. The van der Waals surface area contributed by atoms with Gasteiger partial charge in [-0.1, -0.05) is 18.2 Å². The molecule has 1 saturated heterocycles. The van der Waals surface area contributed by atoms with Crippen molar-refractivity contribution in [3.63, 3.8) is 0 Å². The zero-order chi connectivity index (χ0) is 17.2. The number of likely N-dealkylation sites (tertiary alicyclic amines) is 1. The Kier molecular flexibility index (Phi) is 3.11. The van der Waals surface area contributed by atoms with Gasteiger partial charge in [0.15, 0.2) is 17.6 Å². The van der Waals surface area contributed by atoms with Gasteiger partial charge in [0.05, 0.1) is 19.6 Å². The first-order chi connectivity index (χ1) is 12.2. The average Bonchev–Trinajstić information content (AvgIpc) is 2.98. The summed E-state index contributed by atoms with van der Waals surface area (Å²) in [7, 11) is 3.45. The van der Waals surface area contributed by atoms with Crippen molar-refractivity contribution in [3.05, 3.63) is 59.4 Å². The van der Waals surface area contributed by atoms with Crippen LogP contribution in [0.3, 0.4) is 0 Å². The van der Waals surface area contributed by atoms with Crippen LogP contribution in [0.15, 0.2) is 48.3 Å². The predicted molar refractivity (Wildman–Crippen MR) is 96.1 cm³/mol. The molecule has 1 aromatic carbocycles. The van der Waals surface area contributed by atoms with E-state index in [4.69, 9.17) is 14.2 Å². The average molecular weight is 337 g/mol. The van der Waals surface area contributed by atoms with Crippen molar-refractivity contribution >= 4 is 0 Å². The van der Waals surface area contributed by atoms with Crippen molar-refractivity contribution in [1.29, 1.82) is 0 Å². The van der Waals surface area contributed by atoms with Crippen LogP contribution < -0.4 is 9.47 Å². The van der Waals surface area contributed by atoms with E-state index in [-0.39, 0.29) is 11.5 Å². The van der Waals surface area contributed by atoms with E-state index in [1.165, 1.54) is 16.7 Å². The summed E-state index contributed by atoms with van der Waals surface area (Å²) in [6.07, 6.45) is 8.33. The van der Waals surface area contributed by atoms with Gasteiger partial charge in [0, 0.05) is 24.7 Å². The molecule has 0 saturated carbocycles. The van der Waals surface area contributed by atoms with Crippen LogP contribution in [0.1, 0.15) is 17.5 Å². The van der Waals surface area contributed by atoms with E-state index in [2.05, 4.69) is 29.7 Å². The normalized spacial score (nSPS) is 31.4. The van der Waals surface area contributed by atoms with Crippen LogP contribution >= 0.6 is 0 Å². The van der Waals surface area contributed by atoms with Gasteiger partial charge in [0.25, 0.3) is 0 Å². The molecule has 1 spiro atoms. The van der Waals surface area contributed by atoms with Gasteiger partial charge in [-0.3, -0.25) is 4.90 Å². The van der Waals surface area contributed by atoms with Crippen molar-refractivity contribution in [2.75, 3.05) is 27.3 Å². The molecule has 0 unspecified atom stereocenters. The first-order valence-electron chi connectivity index (χ1n) is 8.92. The molecule has 2 aliphatic heterocycles. The first-order valence-corrected chi connectivity index (χ1v) is 8.92. The van der Waals surface area contributed by atoms with Crippen molar-refractivity contribution < 1.29 is 14.2 Å². The van der Waals surface area contributed by atoms with E-state index in [1.807, 2.05) is 12.1 Å². The molecule has 3 atom stereocenters. The fourth-order valence-corrected chi connectivity index (χ4v) is 5.38. The minimum Gasteiger partial charge on any atom is -0.497 e. The molecule has 2 bridgehead atoms. The highest BCUT2D eigenvalue weighted by molar-refractivity contribution is 5.67. The summed E-state index contributed by atoms with van der Waals surface area (Å²) >= 11 is 0. The van der Waals surface area contributed by atoms with Gasteiger partial charge in [-0.05, 0) is 36.1 Å². The molecule has 4 nitrogen and oxygen atoms in total. The lowest BCUT2D eigenvalue weighted by molar-refractivity contribution is 0.0686. The van der Waals surface area contributed by atoms with Crippen LogP contribution in [-0.4, -0.2) is 44.4 Å². The van der Waals surface area contributed by atoms with Gasteiger partial charge in [-0.15, -0.1) is 6.58 Å². The lowest BCUT2D eigenvalue weighted by Crippen LogP contribution is -2.59. The summed E-state index contributed by atoms with van der Waals surface area (Å²) in [4.78, 5) is 2.54. The van der Waals surface area contributed by atoms with Crippen LogP contribution in [0.4, 0.5) is 0 Å². The zero-order valence-electron chi connectivity index (χ0n) is 14.7. The maximum atomic E-state index is 6.50. The summed E-state index contributed by atoms with van der Waals surface area (Å²) in [6, 6.07) is 4.66. The van der Waals surface area contributed by atoms with Crippen molar-refractivity contribution in [2.24, 2.45) is 0 Å². The van der Waals surface area contributed by atoms with E-state index >= 15 is 0 Å². The van der Waals surface area contributed by atoms with Crippen molar-refractivity contribution in [3.8, 4) is 11.5 Å². The number of rotatable bonds is 4. The number of hydrogen-bond acceptors (Lipinski definition) is 4. The monoisotopic (exact) mass is 337 g/mol. The smallest absolute Gasteiger partial charge is 0.169 e. The Morgan fingerprint density at radius 2 is 2.20 bits per heavy atom. The Hall–Kier alpha value is -2.20. The molecule has 5 rings (SSSR count). The topological polar surface area (TPSA) is 30.9 Å². The highest BCUT2D eigenvalue weighted by atomic mass is 16.6. The van der Waals surface area contributed by atoms with E-state index < -0.39 is 0 Å². The molecular formula is C21H23NO3. The molecule has 1 fully saturated rings. The number of methoxy groups -OCH3 is 2. The predicted octanol–water partition coefficient (Wildman–Crippen LogP) is 2.98. The summed E-state index contributed by atoms with van der Waals surface area (Å²) in [6.45, 7) is 5.91. The fourth-order valence-electron chi connectivity index (χ4n) is 5.38. The Morgan fingerprint density at radius 1 is 1.32 bits per heavy atom. The molecule has 130 valence electrons. The van der Waals surface area contributed by atoms with Gasteiger partial charge < -0.3 is 14.2 Å². The van der Waals surface area contributed by atoms with Crippen LogP contribution in [-0.2, 0) is 16.6 Å². The second kappa shape index (κ2) is 5.15. The molecule has 0 amide bonds. The second-order valence-electron chi connectivity index (χ2n) is 7.25. The van der Waals surface area contributed by atoms with E-state index in [1.54, 1.807) is 14.2 Å². The number of piperidine rings is 1. The van der Waals surface area contributed by atoms with Gasteiger partial charge in [0.1, 0.15) is 5.76 Å². The van der Waals surface area contributed by atoms with Crippen LogP contribution in [0.25, 0.3) is 0 Å². The lowest BCUT2D eigenvalue weighted by Gasteiger charge is -2.53. The van der Waals surface area contributed by atoms with Gasteiger partial charge in [-0.2, -0.15) is 0 Å². The minimum atomic E-state index is -0.111. The molecule has 1 aromatic rings. The molecule has 0 aromatic heterocycles. The van der Waals surface area contributed by atoms with Crippen LogP contribution in [0.5, 0.6) is 11.5 Å². The summed E-state index contributed by atoms with van der Waals surface area (Å²) < 4.78 is 17.8. The maximum absolute atomic E-state index is 6.50. The molecule has 4 aliphatic rings. The zero-order valence-corrected chi connectivity index (χ0v) is 14.7. The molecule has 2 heterocycles. The van der Waals surface area contributed by atoms with Gasteiger partial charge in [-0.25, -0.2) is 0 Å². The number of allylic oxidation sites excluding steroid dienone is 2. The van der Waals surface area contributed by atoms with Crippen molar-refractivity contribution in [1.82, 2.24) is 4.90 Å². The summed E-state index contributed by atoms with van der Waals surface area (Å²) in [5, 5.41) is 0. The minimum absolute atomic E-state index is 0.0868. The first kappa shape index (κ1) is 15.1. The molecule has 25 heavy (non-hydrogen) atoms. The van der Waals surface area contributed by atoms with Crippen molar-refractivity contribution in [2.45, 2.75) is 30.4 Å². The number of nitrogens with zero attached hydrogens (tertiary/aromatic N) is 1. The molecular weight excluding hydrogens is 314 g/mol. The van der Waals surface area contributed by atoms with E-state index in [0.29, 0.717) is 6.04 Å². The quantitative estimate of drug-likeness (QED) is 0.791. The third-order valence-corrected chi connectivity index (χ3v) is 6.36. The summed E-state index contributed by atoms with van der Waals surface area (Å²) in [5.41, 5.74) is 4.07. The lowest BCUT2D eigenvalue weighted by atomic mass is 9.57. The number of benzene rings is 1.